The lowest BCUT2D eigenvalue weighted by molar-refractivity contribution is 0.387. The smallest absolute Gasteiger partial charge is 0.0768 e. The van der Waals surface area contributed by atoms with Crippen molar-refractivity contribution in [1.29, 1.82) is 0 Å². The van der Waals surface area contributed by atoms with Crippen molar-refractivity contribution in [2.75, 3.05) is 0 Å². The van der Waals surface area contributed by atoms with E-state index in [1.165, 1.54) is 0 Å². The minimum Gasteiger partial charge on any atom is -0.296 e. The van der Waals surface area contributed by atoms with E-state index >= 15 is 0 Å². The fourth-order valence-electron chi connectivity index (χ4n) is 1.21. The molecule has 3 radical (unpaired) electrons. The van der Waals surface area contributed by atoms with Crippen molar-refractivity contribution < 1.29 is 0 Å². The Labute approximate surface area is 98.3 Å². The van der Waals surface area contributed by atoms with Crippen molar-refractivity contribution in [2.24, 2.45) is 0 Å². The van der Waals surface area contributed by atoms with E-state index in [9.17, 15) is 0 Å². The molecule has 0 saturated heterocycles. The summed E-state index contributed by atoms with van der Waals surface area (Å²) in [5.41, 5.74) is 0. The van der Waals surface area contributed by atoms with Gasteiger partial charge in [-0.2, -0.15) is 0 Å². The van der Waals surface area contributed by atoms with E-state index in [4.69, 9.17) is 0 Å². The number of allylic oxidation sites excluding steroid dienone is 1. The van der Waals surface area contributed by atoms with Crippen LogP contribution in [0.2, 0.25) is 6.04 Å². The highest BCUT2D eigenvalue weighted by Gasteiger charge is 2.09. The highest BCUT2D eigenvalue weighted by atomic mass is 28.1. The maximum absolute atomic E-state index is 3.55. The molecule has 87 valence electrons. The fourth-order valence-corrected chi connectivity index (χ4v) is 1.35. The van der Waals surface area contributed by atoms with Crippen molar-refractivity contribution in [3.05, 3.63) is 12.2 Å². The summed E-state index contributed by atoms with van der Waals surface area (Å²) in [6, 6.07) is 2.00. The Morgan fingerprint density at radius 2 is 1.53 bits per heavy atom. The molecular weight excluding hydrogens is 200 g/mol. The second kappa shape index (κ2) is 9.13. The summed E-state index contributed by atoms with van der Waals surface area (Å²) < 4.78 is 0. The summed E-state index contributed by atoms with van der Waals surface area (Å²) in [5, 5.41) is 7.09. The van der Waals surface area contributed by atoms with Gasteiger partial charge in [0.2, 0.25) is 0 Å². The molecule has 0 spiro atoms. The van der Waals surface area contributed by atoms with Crippen LogP contribution in [-0.2, 0) is 0 Å². The number of rotatable bonds is 8. The first-order valence-corrected chi connectivity index (χ1v) is 6.68. The van der Waals surface area contributed by atoms with E-state index in [1.807, 2.05) is 0 Å². The normalized spacial score (nSPS) is 17.9. The molecule has 0 aliphatic rings. The molecule has 2 nitrogen and oxygen atoms in total. The van der Waals surface area contributed by atoms with Gasteiger partial charge in [-0.15, -0.1) is 0 Å². The Morgan fingerprint density at radius 1 is 1.07 bits per heavy atom. The average Bonchev–Trinajstić information content (AvgIpc) is 2.25. The third-order valence-corrected chi connectivity index (χ3v) is 2.83. The summed E-state index contributed by atoms with van der Waals surface area (Å²) in [6.07, 6.45) is 6.91. The third kappa shape index (κ3) is 7.77. The molecule has 0 heterocycles. The molecule has 0 aromatic rings. The lowest BCUT2D eigenvalue weighted by Gasteiger charge is -2.24. The molecule has 15 heavy (non-hydrogen) atoms. The van der Waals surface area contributed by atoms with Gasteiger partial charge in [-0.25, -0.2) is 0 Å². The Bertz CT molecular complexity index is 159. The first kappa shape index (κ1) is 14.9. The Kier molecular flexibility index (Phi) is 9.05. The lowest BCUT2D eigenvalue weighted by Crippen LogP contribution is -2.48. The molecule has 0 bridgehead atoms. The van der Waals surface area contributed by atoms with Crippen LogP contribution in [0.15, 0.2) is 12.2 Å². The average molecular weight is 225 g/mol. The molecular formula is C12H25N2Si. The van der Waals surface area contributed by atoms with Gasteiger partial charge in [-0.3, -0.25) is 10.6 Å². The first-order valence-electron chi connectivity index (χ1n) is 5.97. The maximum Gasteiger partial charge on any atom is 0.0768 e. The fraction of sp³-hybridized carbons (Fsp3) is 0.833. The van der Waals surface area contributed by atoms with Gasteiger partial charge in [0.15, 0.2) is 0 Å². The monoisotopic (exact) mass is 225 g/mol. The topological polar surface area (TPSA) is 24.1 Å². The molecule has 0 amide bonds. The molecule has 0 rings (SSSR count). The zero-order valence-electron chi connectivity index (χ0n) is 10.5. The summed E-state index contributed by atoms with van der Waals surface area (Å²) in [5.74, 6) is 0. The molecule has 2 unspecified atom stereocenters. The van der Waals surface area contributed by atoms with Gasteiger partial charge in [0.25, 0.3) is 0 Å². The predicted molar refractivity (Wildman–Crippen MR) is 69.3 cm³/mol. The van der Waals surface area contributed by atoms with Crippen LogP contribution in [0, 0.1) is 0 Å². The van der Waals surface area contributed by atoms with Gasteiger partial charge in [0, 0.05) is 22.3 Å². The van der Waals surface area contributed by atoms with Gasteiger partial charge in [-0.1, -0.05) is 26.0 Å². The van der Waals surface area contributed by atoms with Gasteiger partial charge < -0.3 is 0 Å². The van der Waals surface area contributed by atoms with Crippen LogP contribution in [0.5, 0.6) is 0 Å². The highest BCUT2D eigenvalue weighted by molar-refractivity contribution is 6.09. The molecule has 0 aromatic heterocycles. The number of hydrogen-bond donors (Lipinski definition) is 2. The van der Waals surface area contributed by atoms with E-state index < -0.39 is 0 Å². The van der Waals surface area contributed by atoms with E-state index in [-0.39, 0.29) is 6.17 Å². The Morgan fingerprint density at radius 3 is 1.87 bits per heavy atom. The molecule has 0 aliphatic heterocycles. The summed E-state index contributed by atoms with van der Waals surface area (Å²) in [6.45, 7) is 8.83. The molecule has 0 aliphatic carbocycles. The maximum atomic E-state index is 3.55. The predicted octanol–water partition coefficient (Wildman–Crippen LogP) is 2.23. The van der Waals surface area contributed by atoms with E-state index in [2.05, 4.69) is 60.7 Å². The van der Waals surface area contributed by atoms with Crippen LogP contribution < -0.4 is 10.6 Å². The second-order valence-corrected chi connectivity index (χ2v) is 4.47. The standard InChI is InChI=1S/C12H25N2Si/c1-5-10(3)13-12(8-7-9-15)14-11(4)6-2/h7-8,10-14H,5-6,9H2,1-4H3. The van der Waals surface area contributed by atoms with Crippen LogP contribution >= 0.6 is 0 Å². The van der Waals surface area contributed by atoms with Crippen LogP contribution in [0.3, 0.4) is 0 Å². The molecule has 0 saturated carbocycles. The van der Waals surface area contributed by atoms with Crippen molar-refractivity contribution in [3.63, 3.8) is 0 Å². The van der Waals surface area contributed by atoms with E-state index in [0.29, 0.717) is 12.1 Å². The zero-order chi connectivity index (χ0) is 11.7. The third-order valence-electron chi connectivity index (χ3n) is 2.60. The van der Waals surface area contributed by atoms with Crippen molar-refractivity contribution in [3.8, 4) is 0 Å². The largest absolute Gasteiger partial charge is 0.296 e. The van der Waals surface area contributed by atoms with Gasteiger partial charge >= 0.3 is 0 Å². The van der Waals surface area contributed by atoms with E-state index in [1.54, 1.807) is 0 Å². The van der Waals surface area contributed by atoms with E-state index in [0.717, 1.165) is 18.9 Å². The highest BCUT2D eigenvalue weighted by Crippen LogP contribution is 1.96. The minimum absolute atomic E-state index is 0.284. The Balaban J connectivity index is 4.11. The first-order chi connectivity index (χ1) is 7.13. The summed E-state index contributed by atoms with van der Waals surface area (Å²) >= 11 is 0. The van der Waals surface area contributed by atoms with Gasteiger partial charge in [-0.05, 0) is 32.7 Å². The van der Waals surface area contributed by atoms with Crippen LogP contribution in [-0.4, -0.2) is 28.5 Å². The van der Waals surface area contributed by atoms with Gasteiger partial charge in [0.1, 0.15) is 0 Å². The van der Waals surface area contributed by atoms with Crippen LogP contribution in [0.25, 0.3) is 0 Å². The molecule has 2 N–H and O–H groups in total. The second-order valence-electron chi connectivity index (χ2n) is 4.06. The SMILES string of the molecule is CCC(C)NC(C=CC[Si])NC(C)CC. The van der Waals surface area contributed by atoms with Crippen molar-refractivity contribution in [1.82, 2.24) is 10.6 Å². The van der Waals surface area contributed by atoms with Gasteiger partial charge in [0.05, 0.1) is 6.17 Å². The quantitative estimate of drug-likeness (QED) is 0.376. The number of hydrogen-bond acceptors (Lipinski definition) is 2. The molecule has 0 aromatic carbocycles. The summed E-state index contributed by atoms with van der Waals surface area (Å²) in [7, 11) is 3.45. The molecule has 2 atom stereocenters. The Hall–Kier alpha value is -0.123. The summed E-state index contributed by atoms with van der Waals surface area (Å²) in [4.78, 5) is 0. The van der Waals surface area contributed by atoms with Crippen LogP contribution in [0.4, 0.5) is 0 Å². The zero-order valence-corrected chi connectivity index (χ0v) is 11.5. The molecule has 0 fully saturated rings. The lowest BCUT2D eigenvalue weighted by atomic mass is 10.2. The van der Waals surface area contributed by atoms with Crippen LogP contribution in [0.1, 0.15) is 40.5 Å². The van der Waals surface area contributed by atoms with Crippen molar-refractivity contribution in [2.45, 2.75) is 64.8 Å². The minimum atomic E-state index is 0.284. The van der Waals surface area contributed by atoms with Crippen molar-refractivity contribution >= 4 is 10.2 Å². The number of nitrogens with one attached hydrogen (secondary N) is 2. The molecule has 3 heteroatoms.